The van der Waals surface area contributed by atoms with Gasteiger partial charge in [-0.1, -0.05) is 23.9 Å². The zero-order chi connectivity index (χ0) is 18.6. The Balaban J connectivity index is 2.30. The minimum atomic E-state index is -0.466. The highest BCUT2D eigenvalue weighted by molar-refractivity contribution is 8.00. The Bertz CT molecular complexity index is 836. The highest BCUT2D eigenvalue weighted by Crippen LogP contribution is 2.22. The lowest BCUT2D eigenvalue weighted by atomic mass is 10.1. The number of halogens is 1. The molecule has 7 heteroatoms. The van der Waals surface area contributed by atoms with Crippen LogP contribution in [0.1, 0.15) is 30.7 Å². The van der Waals surface area contributed by atoms with E-state index in [1.807, 2.05) is 0 Å². The van der Waals surface area contributed by atoms with Crippen LogP contribution in [0, 0.1) is 12.7 Å². The molecule has 1 aromatic carbocycles. The number of ether oxygens (including phenoxy) is 1. The van der Waals surface area contributed by atoms with E-state index in [1.54, 1.807) is 40.0 Å². The van der Waals surface area contributed by atoms with E-state index >= 15 is 0 Å². The number of hydrogen-bond acceptors (Lipinski definition) is 5. The lowest BCUT2D eigenvalue weighted by molar-refractivity contribution is -0.142. The fraction of sp³-hybridized carbons (Fsp3) is 0.389. The number of hydrogen-bond donors (Lipinski definition) is 0. The van der Waals surface area contributed by atoms with Crippen LogP contribution in [0.15, 0.2) is 34.2 Å². The molecule has 134 valence electrons. The summed E-state index contributed by atoms with van der Waals surface area (Å²) in [6.45, 7) is 5.51. The van der Waals surface area contributed by atoms with Crippen LogP contribution >= 0.6 is 11.8 Å². The smallest absolute Gasteiger partial charge is 0.319 e. The van der Waals surface area contributed by atoms with Gasteiger partial charge in [0.2, 0.25) is 0 Å². The number of aromatic nitrogens is 2. The van der Waals surface area contributed by atoms with Crippen LogP contribution in [-0.2, 0) is 23.0 Å². The number of aryl methyl sites for hydroxylation is 1. The van der Waals surface area contributed by atoms with Gasteiger partial charge in [-0.25, -0.2) is 9.37 Å². The van der Waals surface area contributed by atoms with Crippen molar-refractivity contribution < 1.29 is 13.9 Å². The molecule has 0 aliphatic heterocycles. The third-order valence-corrected chi connectivity index (χ3v) is 4.84. The van der Waals surface area contributed by atoms with Crippen LogP contribution in [-0.4, -0.2) is 27.4 Å². The first kappa shape index (κ1) is 19.2. The second-order valence-electron chi connectivity index (χ2n) is 5.64. The predicted molar refractivity (Wildman–Crippen MR) is 95.4 cm³/mol. The third-order valence-electron chi connectivity index (χ3n) is 3.72. The molecule has 0 fully saturated rings. The Hall–Kier alpha value is -2.15. The van der Waals surface area contributed by atoms with E-state index in [9.17, 15) is 14.0 Å². The fourth-order valence-corrected chi connectivity index (χ4v) is 3.27. The van der Waals surface area contributed by atoms with Crippen LogP contribution in [0.3, 0.4) is 0 Å². The molecule has 0 amide bonds. The summed E-state index contributed by atoms with van der Waals surface area (Å²) in [5, 5.41) is -0.0161. The molecule has 0 spiro atoms. The number of thioether (sulfide) groups is 1. The van der Waals surface area contributed by atoms with Crippen molar-refractivity contribution in [1.29, 1.82) is 0 Å². The van der Waals surface area contributed by atoms with Gasteiger partial charge in [0.05, 0.1) is 6.61 Å². The molecule has 1 aromatic heterocycles. The van der Waals surface area contributed by atoms with Crippen molar-refractivity contribution in [2.75, 3.05) is 6.61 Å². The summed E-state index contributed by atoms with van der Waals surface area (Å²) in [5.41, 5.74) is 1.60. The van der Waals surface area contributed by atoms with E-state index in [1.165, 1.54) is 28.5 Å². The summed E-state index contributed by atoms with van der Waals surface area (Å²) in [5.74, 6) is -0.682. The van der Waals surface area contributed by atoms with Gasteiger partial charge in [0.1, 0.15) is 11.1 Å². The van der Waals surface area contributed by atoms with Crippen molar-refractivity contribution in [2.24, 2.45) is 7.05 Å². The SMILES string of the molecule is CCOC(=O)C(C)Sc1nc(C)c(Cc2cccc(F)c2)c(=O)n1C. The number of carbonyl (C=O) groups excluding carboxylic acids is 1. The van der Waals surface area contributed by atoms with Crippen LogP contribution in [0.4, 0.5) is 4.39 Å². The van der Waals surface area contributed by atoms with Gasteiger partial charge in [0, 0.05) is 24.7 Å². The largest absolute Gasteiger partial charge is 0.465 e. The zero-order valence-corrected chi connectivity index (χ0v) is 15.5. The van der Waals surface area contributed by atoms with Crippen LogP contribution < -0.4 is 5.56 Å². The van der Waals surface area contributed by atoms with Crippen LogP contribution in [0.25, 0.3) is 0 Å². The second-order valence-corrected chi connectivity index (χ2v) is 6.95. The molecular formula is C18H21FN2O3S. The molecule has 0 aliphatic carbocycles. The summed E-state index contributed by atoms with van der Waals surface area (Å²) in [7, 11) is 1.62. The molecule has 0 saturated carbocycles. The molecule has 1 unspecified atom stereocenters. The van der Waals surface area contributed by atoms with Gasteiger partial charge in [-0.15, -0.1) is 0 Å². The van der Waals surface area contributed by atoms with Crippen molar-refractivity contribution in [3.8, 4) is 0 Å². The lowest BCUT2D eigenvalue weighted by Crippen LogP contribution is -2.27. The quantitative estimate of drug-likeness (QED) is 0.448. The number of esters is 1. The average molecular weight is 364 g/mol. The van der Waals surface area contributed by atoms with E-state index in [0.717, 1.165) is 0 Å². The van der Waals surface area contributed by atoms with Crippen molar-refractivity contribution in [2.45, 2.75) is 37.6 Å². The summed E-state index contributed by atoms with van der Waals surface area (Å²) in [6, 6.07) is 6.16. The Morgan fingerprint density at radius 1 is 1.44 bits per heavy atom. The number of nitrogens with zero attached hydrogens (tertiary/aromatic N) is 2. The maximum atomic E-state index is 13.4. The summed E-state index contributed by atoms with van der Waals surface area (Å²) in [4.78, 5) is 28.9. The first-order valence-electron chi connectivity index (χ1n) is 7.97. The number of benzene rings is 1. The Kier molecular flexibility index (Phi) is 6.36. The lowest BCUT2D eigenvalue weighted by Gasteiger charge is -2.14. The summed E-state index contributed by atoms with van der Waals surface area (Å²) >= 11 is 1.18. The number of carbonyl (C=O) groups is 1. The Morgan fingerprint density at radius 2 is 2.16 bits per heavy atom. The fourth-order valence-electron chi connectivity index (χ4n) is 2.36. The predicted octanol–water partition coefficient (Wildman–Crippen LogP) is 2.86. The highest BCUT2D eigenvalue weighted by Gasteiger charge is 2.20. The maximum absolute atomic E-state index is 13.4. The van der Waals surface area contributed by atoms with Gasteiger partial charge in [0.15, 0.2) is 5.16 Å². The molecule has 2 aromatic rings. The van der Waals surface area contributed by atoms with Gasteiger partial charge in [-0.2, -0.15) is 0 Å². The van der Waals surface area contributed by atoms with E-state index < -0.39 is 5.25 Å². The first-order valence-corrected chi connectivity index (χ1v) is 8.85. The monoisotopic (exact) mass is 364 g/mol. The highest BCUT2D eigenvalue weighted by atomic mass is 32.2. The molecule has 1 atom stereocenters. The Morgan fingerprint density at radius 3 is 2.80 bits per heavy atom. The minimum Gasteiger partial charge on any atom is -0.465 e. The molecule has 0 saturated heterocycles. The van der Waals surface area contributed by atoms with Crippen molar-refractivity contribution >= 4 is 17.7 Å². The van der Waals surface area contributed by atoms with Gasteiger partial charge >= 0.3 is 5.97 Å². The Labute approximate surface area is 150 Å². The molecule has 2 rings (SSSR count). The van der Waals surface area contributed by atoms with E-state index in [4.69, 9.17) is 4.74 Å². The normalized spacial score (nSPS) is 12.0. The molecule has 0 aliphatic rings. The second kappa shape index (κ2) is 8.29. The maximum Gasteiger partial charge on any atom is 0.319 e. The third kappa shape index (κ3) is 4.69. The van der Waals surface area contributed by atoms with Gasteiger partial charge < -0.3 is 4.74 Å². The van der Waals surface area contributed by atoms with Crippen molar-refractivity contribution in [3.05, 3.63) is 57.3 Å². The van der Waals surface area contributed by atoms with Crippen LogP contribution in [0.2, 0.25) is 0 Å². The standard InChI is InChI=1S/C18H21FN2O3S/c1-5-24-17(23)12(3)25-18-20-11(2)15(16(22)21(18)4)10-13-7-6-8-14(19)9-13/h6-9,12H,5,10H2,1-4H3. The molecule has 5 nitrogen and oxygen atoms in total. The molecule has 1 heterocycles. The number of rotatable bonds is 6. The average Bonchev–Trinajstić information content (AvgIpc) is 2.56. The van der Waals surface area contributed by atoms with Crippen molar-refractivity contribution in [1.82, 2.24) is 9.55 Å². The van der Waals surface area contributed by atoms with E-state index in [-0.39, 0.29) is 17.3 Å². The molecule has 0 radical (unpaired) electrons. The minimum absolute atomic E-state index is 0.199. The topological polar surface area (TPSA) is 61.2 Å². The van der Waals surface area contributed by atoms with E-state index in [0.29, 0.717) is 35.0 Å². The van der Waals surface area contributed by atoms with E-state index in [2.05, 4.69) is 4.98 Å². The molecule has 25 heavy (non-hydrogen) atoms. The first-order chi connectivity index (χ1) is 11.8. The molecular weight excluding hydrogens is 343 g/mol. The van der Waals surface area contributed by atoms with Gasteiger partial charge in [-0.05, 0) is 38.5 Å². The molecule has 0 N–H and O–H groups in total. The van der Waals surface area contributed by atoms with Gasteiger partial charge in [0.25, 0.3) is 5.56 Å². The molecule has 0 bridgehead atoms. The van der Waals surface area contributed by atoms with Crippen molar-refractivity contribution in [3.63, 3.8) is 0 Å². The van der Waals surface area contributed by atoms with Gasteiger partial charge in [-0.3, -0.25) is 14.2 Å². The zero-order valence-electron chi connectivity index (χ0n) is 14.7. The van der Waals surface area contributed by atoms with Crippen LogP contribution in [0.5, 0.6) is 0 Å². The summed E-state index contributed by atoms with van der Waals surface area (Å²) in [6.07, 6.45) is 0.307. The summed E-state index contributed by atoms with van der Waals surface area (Å²) < 4.78 is 19.7.